The summed E-state index contributed by atoms with van der Waals surface area (Å²) in [4.78, 5) is 2.07. The van der Waals surface area contributed by atoms with E-state index in [2.05, 4.69) is 18.7 Å². The minimum absolute atomic E-state index is 0.0374. The topological polar surface area (TPSA) is 29.3 Å². The lowest BCUT2D eigenvalue weighted by atomic mass is 10.0. The van der Waals surface area contributed by atoms with E-state index in [1.165, 1.54) is 12.1 Å². The molecule has 2 N–H and O–H groups in total. The first-order valence-electron chi connectivity index (χ1n) is 6.73. The summed E-state index contributed by atoms with van der Waals surface area (Å²) < 4.78 is 26.4. The molecule has 0 aliphatic rings. The van der Waals surface area contributed by atoms with Crippen molar-refractivity contribution >= 4 is 0 Å². The number of rotatable bonds is 6. The van der Waals surface area contributed by atoms with E-state index in [1.54, 1.807) is 0 Å². The number of benzene rings is 1. The van der Waals surface area contributed by atoms with Crippen molar-refractivity contribution in [1.29, 1.82) is 0 Å². The minimum Gasteiger partial charge on any atom is -0.327 e. The molecule has 0 saturated heterocycles. The quantitative estimate of drug-likeness (QED) is 0.859. The van der Waals surface area contributed by atoms with Crippen LogP contribution in [0.25, 0.3) is 0 Å². The fourth-order valence-corrected chi connectivity index (χ4v) is 1.95. The second kappa shape index (κ2) is 6.96. The Kier molecular flexibility index (Phi) is 5.88. The summed E-state index contributed by atoms with van der Waals surface area (Å²) >= 11 is 0. The van der Waals surface area contributed by atoms with E-state index in [0.717, 1.165) is 19.0 Å². The van der Waals surface area contributed by atoms with Crippen molar-refractivity contribution in [2.24, 2.45) is 11.7 Å². The molecule has 2 atom stereocenters. The Morgan fingerprint density at radius 3 is 2.11 bits per heavy atom. The lowest BCUT2D eigenvalue weighted by Crippen LogP contribution is -2.33. The third-order valence-corrected chi connectivity index (χ3v) is 3.70. The molecular weight excluding hydrogens is 246 g/mol. The Hall–Kier alpha value is -1.00. The predicted octanol–water partition coefficient (Wildman–Crippen LogP) is 3.33. The summed E-state index contributed by atoms with van der Waals surface area (Å²) in [5, 5.41) is 0. The second-order valence-electron chi connectivity index (χ2n) is 5.56. The Morgan fingerprint density at radius 2 is 1.63 bits per heavy atom. The van der Waals surface area contributed by atoms with E-state index in [9.17, 15) is 8.78 Å². The highest BCUT2D eigenvalue weighted by atomic mass is 19.1. The average Bonchev–Trinajstić information content (AvgIpc) is 2.33. The lowest BCUT2D eigenvalue weighted by molar-refractivity contribution is 0.242. The highest BCUT2D eigenvalue weighted by Gasteiger charge is 2.15. The van der Waals surface area contributed by atoms with E-state index in [-0.39, 0.29) is 12.1 Å². The van der Waals surface area contributed by atoms with Gasteiger partial charge in [0.15, 0.2) is 0 Å². The molecular formula is C15H24F2N2. The van der Waals surface area contributed by atoms with Crippen molar-refractivity contribution < 1.29 is 8.78 Å². The number of nitrogens with two attached hydrogens (primary N) is 1. The fourth-order valence-electron chi connectivity index (χ4n) is 1.95. The molecule has 0 saturated carbocycles. The molecule has 0 heterocycles. The third-order valence-electron chi connectivity index (χ3n) is 3.70. The van der Waals surface area contributed by atoms with Gasteiger partial charge in [0.25, 0.3) is 0 Å². The summed E-state index contributed by atoms with van der Waals surface area (Å²) in [6, 6.07) is 3.77. The van der Waals surface area contributed by atoms with Gasteiger partial charge in [0.1, 0.15) is 11.6 Å². The number of hydrogen-bond donors (Lipinski definition) is 1. The van der Waals surface area contributed by atoms with Crippen molar-refractivity contribution in [2.45, 2.75) is 39.3 Å². The first-order chi connectivity index (χ1) is 8.81. The zero-order valence-corrected chi connectivity index (χ0v) is 12.2. The van der Waals surface area contributed by atoms with Crippen molar-refractivity contribution in [1.82, 2.24) is 4.90 Å². The van der Waals surface area contributed by atoms with Crippen LogP contribution in [0.3, 0.4) is 0 Å². The Balaban J connectivity index is 2.63. The molecule has 4 heteroatoms. The van der Waals surface area contributed by atoms with Crippen LogP contribution in [0.4, 0.5) is 8.78 Å². The maximum absolute atomic E-state index is 13.2. The van der Waals surface area contributed by atoms with Gasteiger partial charge in [-0.1, -0.05) is 13.8 Å². The molecule has 0 fully saturated rings. The average molecular weight is 270 g/mol. The standard InChI is InChI=1S/C15H24F2N2/c1-10(2)15(18)5-6-19(4)11(3)12-7-13(16)9-14(17)8-12/h7-11,15H,5-6,18H2,1-4H3. The lowest BCUT2D eigenvalue weighted by Gasteiger charge is -2.27. The molecule has 0 aromatic heterocycles. The maximum Gasteiger partial charge on any atom is 0.126 e. The summed E-state index contributed by atoms with van der Waals surface area (Å²) in [6.07, 6.45) is 0.871. The molecule has 0 amide bonds. The molecule has 0 bridgehead atoms. The molecule has 2 unspecified atom stereocenters. The zero-order valence-electron chi connectivity index (χ0n) is 12.2. The Labute approximate surface area is 114 Å². The van der Waals surface area contributed by atoms with Crippen LogP contribution in [-0.2, 0) is 0 Å². The van der Waals surface area contributed by atoms with Gasteiger partial charge in [-0.2, -0.15) is 0 Å². The van der Waals surface area contributed by atoms with Crippen LogP contribution in [0.2, 0.25) is 0 Å². The monoisotopic (exact) mass is 270 g/mol. The summed E-state index contributed by atoms with van der Waals surface area (Å²) in [5.74, 6) is -0.626. The van der Waals surface area contributed by atoms with E-state index >= 15 is 0 Å². The molecule has 2 nitrogen and oxygen atoms in total. The van der Waals surface area contributed by atoms with Gasteiger partial charge in [-0.15, -0.1) is 0 Å². The van der Waals surface area contributed by atoms with Crippen LogP contribution in [-0.4, -0.2) is 24.5 Å². The van der Waals surface area contributed by atoms with Gasteiger partial charge < -0.3 is 5.73 Å². The molecule has 0 spiro atoms. The molecule has 0 aliphatic carbocycles. The van der Waals surface area contributed by atoms with Gasteiger partial charge in [0.05, 0.1) is 0 Å². The van der Waals surface area contributed by atoms with Gasteiger partial charge in [-0.25, -0.2) is 8.78 Å². The Bertz CT molecular complexity index is 387. The highest BCUT2D eigenvalue weighted by molar-refractivity contribution is 5.20. The SMILES string of the molecule is CC(C)C(N)CCN(C)C(C)c1cc(F)cc(F)c1. The minimum atomic E-state index is -0.533. The predicted molar refractivity (Wildman–Crippen MR) is 74.8 cm³/mol. The molecule has 108 valence electrons. The van der Waals surface area contributed by atoms with E-state index in [4.69, 9.17) is 5.73 Å². The van der Waals surface area contributed by atoms with Crippen LogP contribution in [0.15, 0.2) is 18.2 Å². The molecule has 0 aliphatic heterocycles. The number of hydrogen-bond acceptors (Lipinski definition) is 2. The van der Waals surface area contributed by atoms with E-state index in [0.29, 0.717) is 11.5 Å². The fraction of sp³-hybridized carbons (Fsp3) is 0.600. The number of halogens is 2. The molecule has 1 rings (SSSR count). The Morgan fingerprint density at radius 1 is 1.11 bits per heavy atom. The molecule has 1 aromatic rings. The molecule has 0 radical (unpaired) electrons. The van der Waals surface area contributed by atoms with Crippen LogP contribution >= 0.6 is 0 Å². The van der Waals surface area contributed by atoms with Crippen molar-refractivity contribution in [3.05, 3.63) is 35.4 Å². The van der Waals surface area contributed by atoms with Crippen LogP contribution in [0.5, 0.6) is 0 Å². The van der Waals surface area contributed by atoms with Crippen molar-refractivity contribution in [3.63, 3.8) is 0 Å². The summed E-state index contributed by atoms with van der Waals surface area (Å²) in [6.45, 7) is 6.93. The van der Waals surface area contributed by atoms with Crippen LogP contribution in [0.1, 0.15) is 38.8 Å². The smallest absolute Gasteiger partial charge is 0.126 e. The second-order valence-corrected chi connectivity index (χ2v) is 5.56. The van der Waals surface area contributed by atoms with Crippen molar-refractivity contribution in [2.75, 3.05) is 13.6 Å². The molecule has 19 heavy (non-hydrogen) atoms. The van der Waals surface area contributed by atoms with Gasteiger partial charge in [-0.05, 0) is 50.6 Å². The number of nitrogens with zero attached hydrogens (tertiary/aromatic N) is 1. The van der Waals surface area contributed by atoms with Gasteiger partial charge in [0.2, 0.25) is 0 Å². The summed E-state index contributed by atoms with van der Waals surface area (Å²) in [7, 11) is 1.94. The van der Waals surface area contributed by atoms with Crippen LogP contribution in [0, 0.1) is 17.6 Å². The van der Waals surface area contributed by atoms with Gasteiger partial charge >= 0.3 is 0 Å². The largest absolute Gasteiger partial charge is 0.327 e. The van der Waals surface area contributed by atoms with Gasteiger partial charge in [-0.3, -0.25) is 4.90 Å². The molecule has 1 aromatic carbocycles. The van der Waals surface area contributed by atoms with Crippen LogP contribution < -0.4 is 5.73 Å². The highest BCUT2D eigenvalue weighted by Crippen LogP contribution is 2.21. The van der Waals surface area contributed by atoms with E-state index in [1.807, 2.05) is 14.0 Å². The first kappa shape index (κ1) is 16.1. The summed E-state index contributed by atoms with van der Waals surface area (Å²) in [5.41, 5.74) is 6.66. The van der Waals surface area contributed by atoms with E-state index < -0.39 is 11.6 Å². The first-order valence-corrected chi connectivity index (χ1v) is 6.73. The zero-order chi connectivity index (χ0) is 14.6. The van der Waals surface area contributed by atoms with Gasteiger partial charge in [0, 0.05) is 18.2 Å². The maximum atomic E-state index is 13.2. The van der Waals surface area contributed by atoms with Crippen molar-refractivity contribution in [3.8, 4) is 0 Å². The normalized spacial score (nSPS) is 15.0. The third kappa shape index (κ3) is 4.88.